The summed E-state index contributed by atoms with van der Waals surface area (Å²) >= 11 is 0. The van der Waals surface area contributed by atoms with Gasteiger partial charge in [-0.1, -0.05) is 12.1 Å². The number of aryl methyl sites for hydroxylation is 1. The Bertz CT molecular complexity index is 466. The van der Waals surface area contributed by atoms with E-state index in [0.717, 1.165) is 29.4 Å². The zero-order chi connectivity index (χ0) is 9.97. The van der Waals surface area contributed by atoms with Crippen molar-refractivity contribution in [2.45, 2.75) is 13.3 Å². The van der Waals surface area contributed by atoms with E-state index in [1.807, 2.05) is 31.2 Å². The van der Waals surface area contributed by atoms with Crippen LogP contribution >= 0.6 is 0 Å². The maximum atomic E-state index is 8.60. The predicted molar refractivity (Wildman–Crippen MR) is 56.4 cm³/mol. The molecule has 0 saturated heterocycles. The molecule has 72 valence electrons. The SMILES string of the molecule is Cc1cc2c(C/C=C/O)cccc2o1. The molecule has 0 aliphatic carbocycles. The molecule has 1 heterocycles. The molecule has 0 saturated carbocycles. The molecular weight excluding hydrogens is 176 g/mol. The molecule has 0 amide bonds. The van der Waals surface area contributed by atoms with Crippen molar-refractivity contribution >= 4 is 11.0 Å². The molecule has 1 N–H and O–H groups in total. The van der Waals surface area contributed by atoms with Gasteiger partial charge in [-0.3, -0.25) is 0 Å². The van der Waals surface area contributed by atoms with Crippen molar-refractivity contribution in [1.82, 2.24) is 0 Å². The Morgan fingerprint density at radius 1 is 1.43 bits per heavy atom. The monoisotopic (exact) mass is 188 g/mol. The maximum Gasteiger partial charge on any atom is 0.134 e. The fraction of sp³-hybridized carbons (Fsp3) is 0.167. The topological polar surface area (TPSA) is 33.4 Å². The molecule has 0 spiro atoms. The van der Waals surface area contributed by atoms with Crippen LogP contribution in [0, 0.1) is 6.92 Å². The summed E-state index contributed by atoms with van der Waals surface area (Å²) in [6, 6.07) is 7.98. The third-order valence-electron chi connectivity index (χ3n) is 2.22. The molecule has 0 fully saturated rings. The van der Waals surface area contributed by atoms with Gasteiger partial charge in [-0.15, -0.1) is 0 Å². The van der Waals surface area contributed by atoms with Crippen LogP contribution in [0.15, 0.2) is 41.0 Å². The highest BCUT2D eigenvalue weighted by molar-refractivity contribution is 5.81. The standard InChI is InChI=1S/C12H12O2/c1-9-8-11-10(5-3-7-13)4-2-6-12(11)14-9/h2-4,6-8,13H,5H2,1H3/b7-3+. The van der Waals surface area contributed by atoms with Crippen LogP contribution in [0.25, 0.3) is 11.0 Å². The van der Waals surface area contributed by atoms with E-state index in [9.17, 15) is 0 Å². The van der Waals surface area contributed by atoms with E-state index in [1.54, 1.807) is 6.08 Å². The van der Waals surface area contributed by atoms with E-state index >= 15 is 0 Å². The summed E-state index contributed by atoms with van der Waals surface area (Å²) in [5.74, 6) is 0.917. The summed E-state index contributed by atoms with van der Waals surface area (Å²) in [6.07, 6.45) is 3.52. The molecule has 14 heavy (non-hydrogen) atoms. The summed E-state index contributed by atoms with van der Waals surface area (Å²) in [7, 11) is 0. The minimum atomic E-state index is 0.729. The lowest BCUT2D eigenvalue weighted by molar-refractivity contribution is 0.471. The van der Waals surface area contributed by atoms with Crippen LogP contribution in [0.5, 0.6) is 0 Å². The number of hydrogen-bond acceptors (Lipinski definition) is 2. The number of benzene rings is 1. The number of furan rings is 1. The van der Waals surface area contributed by atoms with Crippen LogP contribution in [0.2, 0.25) is 0 Å². The van der Waals surface area contributed by atoms with Crippen LogP contribution in [0.4, 0.5) is 0 Å². The minimum absolute atomic E-state index is 0.729. The second kappa shape index (κ2) is 3.58. The van der Waals surface area contributed by atoms with E-state index in [0.29, 0.717) is 0 Å². The number of fused-ring (bicyclic) bond motifs is 1. The zero-order valence-corrected chi connectivity index (χ0v) is 8.03. The highest BCUT2D eigenvalue weighted by Gasteiger charge is 2.03. The fourth-order valence-corrected chi connectivity index (χ4v) is 1.61. The Labute approximate surface area is 82.5 Å². The van der Waals surface area contributed by atoms with Crippen molar-refractivity contribution in [3.8, 4) is 0 Å². The average Bonchev–Trinajstić information content (AvgIpc) is 2.55. The molecule has 2 rings (SSSR count). The molecule has 0 atom stereocenters. The second-order valence-corrected chi connectivity index (χ2v) is 3.27. The van der Waals surface area contributed by atoms with Crippen LogP contribution in [0.1, 0.15) is 11.3 Å². The third-order valence-corrected chi connectivity index (χ3v) is 2.22. The molecule has 0 bridgehead atoms. The van der Waals surface area contributed by atoms with E-state index in [2.05, 4.69) is 0 Å². The van der Waals surface area contributed by atoms with E-state index in [1.165, 1.54) is 5.56 Å². The number of rotatable bonds is 2. The van der Waals surface area contributed by atoms with Crippen molar-refractivity contribution in [2.24, 2.45) is 0 Å². The number of hydrogen-bond donors (Lipinski definition) is 1. The first kappa shape index (κ1) is 8.88. The van der Waals surface area contributed by atoms with E-state index in [4.69, 9.17) is 9.52 Å². The molecule has 2 heteroatoms. The van der Waals surface area contributed by atoms with Crippen molar-refractivity contribution in [3.63, 3.8) is 0 Å². The van der Waals surface area contributed by atoms with Gasteiger partial charge in [0.05, 0.1) is 6.26 Å². The fourth-order valence-electron chi connectivity index (χ4n) is 1.61. The highest BCUT2D eigenvalue weighted by Crippen LogP contribution is 2.23. The highest BCUT2D eigenvalue weighted by atomic mass is 16.3. The van der Waals surface area contributed by atoms with E-state index < -0.39 is 0 Å². The van der Waals surface area contributed by atoms with Crippen LogP contribution in [0.3, 0.4) is 0 Å². The first-order chi connectivity index (χ1) is 6.81. The van der Waals surface area contributed by atoms with Crippen molar-refractivity contribution < 1.29 is 9.52 Å². The van der Waals surface area contributed by atoms with Crippen LogP contribution in [-0.4, -0.2) is 5.11 Å². The van der Waals surface area contributed by atoms with Gasteiger partial charge in [-0.2, -0.15) is 0 Å². The summed E-state index contributed by atoms with van der Waals surface area (Å²) in [6.45, 7) is 1.94. The molecule has 2 nitrogen and oxygen atoms in total. The van der Waals surface area contributed by atoms with E-state index in [-0.39, 0.29) is 0 Å². The molecule has 1 aromatic carbocycles. The molecule has 0 aliphatic rings. The molecule has 0 unspecified atom stereocenters. The Morgan fingerprint density at radius 2 is 2.29 bits per heavy atom. The van der Waals surface area contributed by atoms with Gasteiger partial charge in [-0.05, 0) is 37.1 Å². The predicted octanol–water partition coefficient (Wildman–Crippen LogP) is 3.36. The lowest BCUT2D eigenvalue weighted by atomic mass is 10.1. The van der Waals surface area contributed by atoms with Gasteiger partial charge in [0.1, 0.15) is 11.3 Å². The lowest BCUT2D eigenvalue weighted by Gasteiger charge is -1.96. The van der Waals surface area contributed by atoms with Gasteiger partial charge in [-0.25, -0.2) is 0 Å². The summed E-state index contributed by atoms with van der Waals surface area (Å²) < 4.78 is 5.50. The number of allylic oxidation sites excluding steroid dienone is 1. The minimum Gasteiger partial charge on any atom is -0.516 e. The van der Waals surface area contributed by atoms with Gasteiger partial charge in [0, 0.05) is 5.39 Å². The summed E-state index contributed by atoms with van der Waals surface area (Å²) in [5.41, 5.74) is 2.08. The number of aliphatic hydroxyl groups is 1. The molecule has 1 aromatic heterocycles. The summed E-state index contributed by atoms with van der Waals surface area (Å²) in [4.78, 5) is 0. The first-order valence-corrected chi connectivity index (χ1v) is 4.58. The Balaban J connectivity index is 2.52. The van der Waals surface area contributed by atoms with Gasteiger partial charge < -0.3 is 9.52 Å². The molecule has 0 aliphatic heterocycles. The Kier molecular flexibility index (Phi) is 2.27. The normalized spacial score (nSPS) is 11.5. The van der Waals surface area contributed by atoms with Crippen molar-refractivity contribution in [3.05, 3.63) is 47.9 Å². The lowest BCUT2D eigenvalue weighted by Crippen LogP contribution is -1.80. The summed E-state index contributed by atoms with van der Waals surface area (Å²) in [5, 5.41) is 9.73. The zero-order valence-electron chi connectivity index (χ0n) is 8.03. The Morgan fingerprint density at radius 3 is 3.07 bits per heavy atom. The van der Waals surface area contributed by atoms with Gasteiger partial charge >= 0.3 is 0 Å². The Hall–Kier alpha value is -1.70. The average molecular weight is 188 g/mol. The van der Waals surface area contributed by atoms with Gasteiger partial charge in [0.25, 0.3) is 0 Å². The first-order valence-electron chi connectivity index (χ1n) is 4.58. The smallest absolute Gasteiger partial charge is 0.134 e. The van der Waals surface area contributed by atoms with Crippen LogP contribution in [-0.2, 0) is 6.42 Å². The molecular formula is C12H12O2. The molecule has 2 aromatic rings. The van der Waals surface area contributed by atoms with Crippen LogP contribution < -0.4 is 0 Å². The largest absolute Gasteiger partial charge is 0.516 e. The second-order valence-electron chi connectivity index (χ2n) is 3.27. The van der Waals surface area contributed by atoms with Gasteiger partial charge in [0.2, 0.25) is 0 Å². The maximum absolute atomic E-state index is 8.60. The van der Waals surface area contributed by atoms with Crippen molar-refractivity contribution in [2.75, 3.05) is 0 Å². The quantitative estimate of drug-likeness (QED) is 0.733. The van der Waals surface area contributed by atoms with Crippen molar-refractivity contribution in [1.29, 1.82) is 0 Å². The third kappa shape index (κ3) is 1.51. The van der Waals surface area contributed by atoms with Gasteiger partial charge in [0.15, 0.2) is 0 Å². The molecule has 0 radical (unpaired) electrons. The number of aliphatic hydroxyl groups excluding tert-OH is 1.